The first-order valence-electron chi connectivity index (χ1n) is 5.62. The van der Waals surface area contributed by atoms with E-state index in [1.165, 1.54) is 19.3 Å². The molecule has 0 radical (unpaired) electrons. The molecule has 0 aromatic carbocycles. The first-order valence-corrected chi connectivity index (χ1v) is 5.62. The Morgan fingerprint density at radius 2 is 2.21 bits per heavy atom. The third kappa shape index (κ3) is 2.26. The normalized spacial score (nSPS) is 31.1. The van der Waals surface area contributed by atoms with Gasteiger partial charge >= 0.3 is 0 Å². The second-order valence-electron chi connectivity index (χ2n) is 5.29. The summed E-state index contributed by atoms with van der Waals surface area (Å²) in [7, 11) is 0. The van der Waals surface area contributed by atoms with E-state index < -0.39 is 0 Å². The minimum Gasteiger partial charge on any atom is -0.299 e. The second kappa shape index (κ2) is 4.29. The van der Waals surface area contributed by atoms with Crippen molar-refractivity contribution in [2.24, 2.45) is 17.3 Å². The Kier molecular flexibility index (Phi) is 3.52. The zero-order valence-corrected chi connectivity index (χ0v) is 9.68. The van der Waals surface area contributed by atoms with E-state index in [1.54, 1.807) is 6.08 Å². The molecule has 80 valence electrons. The van der Waals surface area contributed by atoms with Crippen LogP contribution in [0.3, 0.4) is 0 Å². The standard InChI is InChI=1S/C13H22O/c1-5-7-11(14)12-10(2)8-6-9-13(12,3)4/h5,10,12H,1,6-9H2,2-4H3/t10-,12-/m0/s1. The molecule has 1 aliphatic rings. The van der Waals surface area contributed by atoms with Crippen molar-refractivity contribution in [2.75, 3.05) is 0 Å². The molecule has 0 aliphatic heterocycles. The zero-order chi connectivity index (χ0) is 10.8. The van der Waals surface area contributed by atoms with Crippen molar-refractivity contribution in [3.8, 4) is 0 Å². The van der Waals surface area contributed by atoms with Crippen LogP contribution in [0.5, 0.6) is 0 Å². The Hall–Kier alpha value is -0.590. The van der Waals surface area contributed by atoms with Crippen molar-refractivity contribution in [1.82, 2.24) is 0 Å². The maximum absolute atomic E-state index is 12.0. The number of hydrogen-bond acceptors (Lipinski definition) is 1. The van der Waals surface area contributed by atoms with Crippen LogP contribution >= 0.6 is 0 Å². The van der Waals surface area contributed by atoms with Crippen LogP contribution in [-0.4, -0.2) is 5.78 Å². The van der Waals surface area contributed by atoms with Gasteiger partial charge in [0, 0.05) is 12.3 Å². The number of Topliss-reactive ketones (excluding diaryl/α,β-unsaturated/α-hetero) is 1. The van der Waals surface area contributed by atoms with E-state index in [9.17, 15) is 4.79 Å². The van der Waals surface area contributed by atoms with Crippen molar-refractivity contribution < 1.29 is 4.79 Å². The summed E-state index contributed by atoms with van der Waals surface area (Å²) in [6.45, 7) is 10.3. The molecule has 1 saturated carbocycles. The summed E-state index contributed by atoms with van der Waals surface area (Å²) < 4.78 is 0. The lowest BCUT2D eigenvalue weighted by molar-refractivity contribution is -0.129. The summed E-state index contributed by atoms with van der Waals surface area (Å²) in [6.07, 6.45) is 5.94. The van der Waals surface area contributed by atoms with Crippen molar-refractivity contribution in [1.29, 1.82) is 0 Å². The summed E-state index contributed by atoms with van der Waals surface area (Å²) in [5, 5.41) is 0. The Morgan fingerprint density at radius 3 is 2.71 bits per heavy atom. The first kappa shape index (κ1) is 11.5. The van der Waals surface area contributed by atoms with E-state index in [-0.39, 0.29) is 11.3 Å². The van der Waals surface area contributed by atoms with Gasteiger partial charge in [-0.2, -0.15) is 0 Å². The monoisotopic (exact) mass is 194 g/mol. The molecule has 0 heterocycles. The van der Waals surface area contributed by atoms with Crippen molar-refractivity contribution >= 4 is 5.78 Å². The van der Waals surface area contributed by atoms with Crippen molar-refractivity contribution in [3.05, 3.63) is 12.7 Å². The summed E-state index contributed by atoms with van der Waals surface area (Å²) in [5.74, 6) is 1.18. The van der Waals surface area contributed by atoms with Crippen LogP contribution in [0.4, 0.5) is 0 Å². The molecule has 0 unspecified atom stereocenters. The van der Waals surface area contributed by atoms with Gasteiger partial charge < -0.3 is 0 Å². The lowest BCUT2D eigenvalue weighted by Gasteiger charge is -2.41. The van der Waals surface area contributed by atoms with Gasteiger partial charge in [0.15, 0.2) is 0 Å². The van der Waals surface area contributed by atoms with E-state index in [1.807, 2.05) is 0 Å². The molecule has 2 atom stereocenters. The molecule has 0 aromatic heterocycles. The molecular formula is C13H22O. The number of hydrogen-bond donors (Lipinski definition) is 0. The van der Waals surface area contributed by atoms with E-state index in [4.69, 9.17) is 0 Å². The maximum Gasteiger partial charge on any atom is 0.140 e. The summed E-state index contributed by atoms with van der Waals surface area (Å²) in [4.78, 5) is 12.0. The van der Waals surface area contributed by atoms with Crippen LogP contribution in [0.15, 0.2) is 12.7 Å². The predicted octanol–water partition coefficient (Wildman–Crippen LogP) is 3.59. The summed E-state index contributed by atoms with van der Waals surface area (Å²) in [5.41, 5.74) is 0.192. The van der Waals surface area contributed by atoms with Crippen LogP contribution in [0.2, 0.25) is 0 Å². The minimum absolute atomic E-state index is 0.192. The molecule has 1 heteroatoms. The van der Waals surface area contributed by atoms with Crippen molar-refractivity contribution in [3.63, 3.8) is 0 Å². The molecule has 0 amide bonds. The molecule has 0 saturated heterocycles. The highest BCUT2D eigenvalue weighted by atomic mass is 16.1. The van der Waals surface area contributed by atoms with Crippen LogP contribution in [-0.2, 0) is 4.79 Å². The molecule has 1 rings (SSSR count). The molecule has 1 aliphatic carbocycles. The van der Waals surface area contributed by atoms with Gasteiger partial charge in [-0.25, -0.2) is 0 Å². The summed E-state index contributed by atoms with van der Waals surface area (Å²) >= 11 is 0. The molecule has 0 spiro atoms. The molecule has 1 fully saturated rings. The van der Waals surface area contributed by atoms with Gasteiger partial charge in [0.1, 0.15) is 5.78 Å². The number of allylic oxidation sites excluding steroid dienone is 1. The average molecular weight is 194 g/mol. The van der Waals surface area contributed by atoms with Crippen LogP contribution in [0, 0.1) is 17.3 Å². The number of rotatable bonds is 3. The average Bonchev–Trinajstić information content (AvgIpc) is 2.02. The number of carbonyl (C=O) groups excluding carboxylic acids is 1. The Balaban J connectivity index is 2.79. The largest absolute Gasteiger partial charge is 0.299 e. The summed E-state index contributed by atoms with van der Waals surface area (Å²) in [6, 6.07) is 0. The highest BCUT2D eigenvalue weighted by molar-refractivity contribution is 5.83. The minimum atomic E-state index is 0.192. The second-order valence-corrected chi connectivity index (χ2v) is 5.29. The number of carbonyl (C=O) groups is 1. The maximum atomic E-state index is 12.0. The fourth-order valence-electron chi connectivity index (χ4n) is 2.99. The van der Waals surface area contributed by atoms with Crippen molar-refractivity contribution in [2.45, 2.75) is 46.5 Å². The molecule has 1 nitrogen and oxygen atoms in total. The number of ketones is 1. The van der Waals surface area contributed by atoms with Gasteiger partial charge in [-0.3, -0.25) is 4.79 Å². The molecule has 0 aromatic rings. The molecular weight excluding hydrogens is 172 g/mol. The third-order valence-electron chi connectivity index (χ3n) is 3.58. The lowest BCUT2D eigenvalue weighted by Crippen LogP contribution is -2.39. The van der Waals surface area contributed by atoms with E-state index in [2.05, 4.69) is 27.4 Å². The van der Waals surface area contributed by atoms with Gasteiger partial charge in [0.25, 0.3) is 0 Å². The van der Waals surface area contributed by atoms with Gasteiger partial charge in [-0.1, -0.05) is 33.3 Å². The Morgan fingerprint density at radius 1 is 1.57 bits per heavy atom. The molecule has 0 N–H and O–H groups in total. The fraction of sp³-hybridized carbons (Fsp3) is 0.769. The highest BCUT2D eigenvalue weighted by Crippen LogP contribution is 2.44. The molecule has 0 bridgehead atoms. The van der Waals surface area contributed by atoms with Crippen LogP contribution in [0.25, 0.3) is 0 Å². The smallest absolute Gasteiger partial charge is 0.140 e. The van der Waals surface area contributed by atoms with Gasteiger partial charge in [0.05, 0.1) is 0 Å². The first-order chi connectivity index (χ1) is 6.49. The Labute approximate surface area is 87.6 Å². The Bertz CT molecular complexity index is 227. The predicted molar refractivity (Wildman–Crippen MR) is 60.1 cm³/mol. The van der Waals surface area contributed by atoms with E-state index in [0.29, 0.717) is 18.1 Å². The zero-order valence-electron chi connectivity index (χ0n) is 9.68. The molecule has 14 heavy (non-hydrogen) atoms. The van der Waals surface area contributed by atoms with E-state index >= 15 is 0 Å². The quantitative estimate of drug-likeness (QED) is 0.627. The van der Waals surface area contributed by atoms with Gasteiger partial charge in [-0.15, -0.1) is 6.58 Å². The van der Waals surface area contributed by atoms with Gasteiger partial charge in [-0.05, 0) is 24.2 Å². The third-order valence-corrected chi connectivity index (χ3v) is 3.58. The van der Waals surface area contributed by atoms with Crippen LogP contribution in [0.1, 0.15) is 46.5 Å². The van der Waals surface area contributed by atoms with Crippen LogP contribution < -0.4 is 0 Å². The van der Waals surface area contributed by atoms with E-state index in [0.717, 1.165) is 0 Å². The fourth-order valence-corrected chi connectivity index (χ4v) is 2.99. The highest BCUT2D eigenvalue weighted by Gasteiger charge is 2.40. The topological polar surface area (TPSA) is 17.1 Å². The lowest BCUT2D eigenvalue weighted by atomic mass is 9.62. The SMILES string of the molecule is C=CCC(=O)[C@@H]1[C@@H](C)CCCC1(C)C. The van der Waals surface area contributed by atoms with Gasteiger partial charge in [0.2, 0.25) is 0 Å².